The first-order valence-corrected chi connectivity index (χ1v) is 8.89. The Bertz CT molecular complexity index is 1020. The second-order valence-corrected chi connectivity index (χ2v) is 6.25. The average molecular weight is 414 g/mol. The molecule has 0 N–H and O–H groups in total. The van der Waals surface area contributed by atoms with Crippen LogP contribution in [0.25, 0.3) is 0 Å². The number of benzene rings is 2. The Morgan fingerprint density at radius 1 is 0.967 bits per heavy atom. The summed E-state index contributed by atoms with van der Waals surface area (Å²) in [4.78, 5) is 21.3. The SMILES string of the molecule is C/C(=N\Oc1ccc(C(F)(F)F)cc1)c1ccc(OCC(=O)c2ccccc2)nc1. The minimum Gasteiger partial charge on any atom is -0.469 e. The Morgan fingerprint density at radius 2 is 1.67 bits per heavy atom. The van der Waals surface area contributed by atoms with Gasteiger partial charge in [-0.2, -0.15) is 13.2 Å². The molecule has 0 unspecified atom stereocenters. The van der Waals surface area contributed by atoms with Crippen molar-refractivity contribution in [3.05, 3.63) is 89.6 Å². The lowest BCUT2D eigenvalue weighted by Crippen LogP contribution is -2.12. The number of oxime groups is 1. The lowest BCUT2D eigenvalue weighted by atomic mass is 10.1. The average Bonchev–Trinajstić information content (AvgIpc) is 2.76. The summed E-state index contributed by atoms with van der Waals surface area (Å²) in [7, 11) is 0. The number of Topliss-reactive ketones (excluding diaryl/α,β-unsaturated/α-hetero) is 1. The van der Waals surface area contributed by atoms with E-state index in [9.17, 15) is 18.0 Å². The van der Waals surface area contributed by atoms with Crippen molar-refractivity contribution in [3.8, 4) is 11.6 Å². The highest BCUT2D eigenvalue weighted by molar-refractivity contribution is 5.98. The third kappa shape index (κ3) is 5.66. The van der Waals surface area contributed by atoms with E-state index in [4.69, 9.17) is 9.57 Å². The lowest BCUT2D eigenvalue weighted by molar-refractivity contribution is -0.137. The van der Waals surface area contributed by atoms with Crippen LogP contribution in [0.3, 0.4) is 0 Å². The number of nitrogens with zero attached hydrogens (tertiary/aromatic N) is 2. The largest absolute Gasteiger partial charge is 0.469 e. The summed E-state index contributed by atoms with van der Waals surface area (Å²) in [6, 6.07) is 16.3. The molecule has 0 saturated heterocycles. The van der Waals surface area contributed by atoms with Crippen molar-refractivity contribution in [1.82, 2.24) is 4.98 Å². The van der Waals surface area contributed by atoms with Gasteiger partial charge in [0.1, 0.15) is 0 Å². The van der Waals surface area contributed by atoms with Gasteiger partial charge in [-0.05, 0) is 37.3 Å². The normalized spacial score (nSPS) is 11.8. The number of carbonyl (C=O) groups excluding carboxylic acids is 1. The van der Waals surface area contributed by atoms with Crippen molar-refractivity contribution in [1.29, 1.82) is 0 Å². The van der Waals surface area contributed by atoms with Crippen LogP contribution in [0, 0.1) is 0 Å². The number of hydrogen-bond donors (Lipinski definition) is 0. The van der Waals surface area contributed by atoms with Gasteiger partial charge in [-0.15, -0.1) is 0 Å². The van der Waals surface area contributed by atoms with Crippen LogP contribution in [0.1, 0.15) is 28.4 Å². The molecular formula is C22H17F3N2O3. The molecule has 2 aromatic carbocycles. The van der Waals surface area contributed by atoms with Crippen LogP contribution in [-0.4, -0.2) is 23.1 Å². The standard InChI is InChI=1S/C22H17F3N2O3/c1-15(27-30-19-10-8-18(9-11-19)22(23,24)25)17-7-12-21(26-13-17)29-14-20(28)16-5-3-2-4-6-16/h2-13H,14H2,1H3/b27-15+. The number of aromatic nitrogens is 1. The summed E-state index contributed by atoms with van der Waals surface area (Å²) in [6.45, 7) is 1.53. The number of ether oxygens (including phenoxy) is 1. The number of carbonyl (C=O) groups is 1. The fourth-order valence-electron chi connectivity index (χ4n) is 2.41. The van der Waals surface area contributed by atoms with E-state index < -0.39 is 11.7 Å². The molecule has 0 fully saturated rings. The molecule has 0 aliphatic carbocycles. The maximum Gasteiger partial charge on any atom is 0.416 e. The predicted molar refractivity (Wildman–Crippen MR) is 105 cm³/mol. The van der Waals surface area contributed by atoms with Gasteiger partial charge in [0.05, 0.1) is 11.3 Å². The van der Waals surface area contributed by atoms with Gasteiger partial charge in [-0.3, -0.25) is 4.79 Å². The minimum absolute atomic E-state index is 0.138. The van der Waals surface area contributed by atoms with Crippen LogP contribution >= 0.6 is 0 Å². The maximum atomic E-state index is 12.6. The van der Waals surface area contributed by atoms with Crippen LogP contribution < -0.4 is 9.57 Å². The Kier molecular flexibility index (Phi) is 6.46. The molecule has 0 amide bonds. The Balaban J connectivity index is 1.56. The zero-order valence-corrected chi connectivity index (χ0v) is 15.9. The van der Waals surface area contributed by atoms with E-state index in [1.807, 2.05) is 6.07 Å². The fourth-order valence-corrected chi connectivity index (χ4v) is 2.41. The van der Waals surface area contributed by atoms with E-state index in [1.165, 1.54) is 18.3 Å². The summed E-state index contributed by atoms with van der Waals surface area (Å²) in [5.74, 6) is 0.290. The molecular weight excluding hydrogens is 397 g/mol. The highest BCUT2D eigenvalue weighted by Crippen LogP contribution is 2.30. The van der Waals surface area contributed by atoms with E-state index in [0.29, 0.717) is 16.8 Å². The quantitative estimate of drug-likeness (QED) is 0.304. The fraction of sp³-hybridized carbons (Fsp3) is 0.136. The molecule has 3 aromatic rings. The van der Waals surface area contributed by atoms with Crippen molar-refractivity contribution in [2.24, 2.45) is 5.16 Å². The van der Waals surface area contributed by atoms with Gasteiger partial charge in [0.25, 0.3) is 0 Å². The molecule has 154 valence electrons. The number of rotatable bonds is 7. The van der Waals surface area contributed by atoms with Crippen LogP contribution in [0.5, 0.6) is 11.6 Å². The van der Waals surface area contributed by atoms with Gasteiger partial charge in [0, 0.05) is 23.4 Å². The van der Waals surface area contributed by atoms with E-state index in [-0.39, 0.29) is 24.0 Å². The molecule has 0 radical (unpaired) electrons. The van der Waals surface area contributed by atoms with Gasteiger partial charge in [0.15, 0.2) is 18.1 Å². The number of alkyl halides is 3. The zero-order chi connectivity index (χ0) is 21.6. The topological polar surface area (TPSA) is 60.8 Å². The van der Waals surface area contributed by atoms with E-state index in [2.05, 4.69) is 10.1 Å². The van der Waals surface area contributed by atoms with Gasteiger partial charge in [-0.25, -0.2) is 4.98 Å². The van der Waals surface area contributed by atoms with Crippen LogP contribution in [0.2, 0.25) is 0 Å². The maximum absolute atomic E-state index is 12.6. The summed E-state index contributed by atoms with van der Waals surface area (Å²) in [6.07, 6.45) is -2.91. The molecule has 0 atom stereocenters. The molecule has 30 heavy (non-hydrogen) atoms. The van der Waals surface area contributed by atoms with Gasteiger partial charge in [0.2, 0.25) is 5.88 Å². The highest BCUT2D eigenvalue weighted by atomic mass is 19.4. The van der Waals surface area contributed by atoms with Crippen LogP contribution in [-0.2, 0) is 6.18 Å². The monoisotopic (exact) mass is 414 g/mol. The first-order valence-electron chi connectivity index (χ1n) is 8.89. The Hall–Kier alpha value is -3.68. The van der Waals surface area contributed by atoms with Gasteiger partial charge >= 0.3 is 6.18 Å². The van der Waals surface area contributed by atoms with Crippen LogP contribution in [0.4, 0.5) is 13.2 Å². The van der Waals surface area contributed by atoms with Gasteiger partial charge < -0.3 is 9.57 Å². The molecule has 1 heterocycles. The summed E-state index contributed by atoms with van der Waals surface area (Å²) >= 11 is 0. The van der Waals surface area contributed by atoms with E-state index in [0.717, 1.165) is 12.1 Å². The molecule has 0 spiro atoms. The number of pyridine rings is 1. The Morgan fingerprint density at radius 3 is 2.27 bits per heavy atom. The van der Waals surface area contributed by atoms with E-state index in [1.54, 1.807) is 43.3 Å². The number of ketones is 1. The number of hydrogen-bond acceptors (Lipinski definition) is 5. The summed E-state index contributed by atoms with van der Waals surface area (Å²) < 4.78 is 43.1. The smallest absolute Gasteiger partial charge is 0.416 e. The van der Waals surface area contributed by atoms with E-state index >= 15 is 0 Å². The summed E-state index contributed by atoms with van der Waals surface area (Å²) in [5.41, 5.74) is 0.886. The Labute approximate surface area is 170 Å². The molecule has 1 aromatic heterocycles. The third-order valence-corrected chi connectivity index (χ3v) is 4.07. The summed E-state index contributed by atoms with van der Waals surface area (Å²) in [5, 5.41) is 3.90. The molecule has 0 aliphatic heterocycles. The second kappa shape index (κ2) is 9.21. The molecule has 0 aliphatic rings. The van der Waals surface area contributed by atoms with Crippen molar-refractivity contribution >= 4 is 11.5 Å². The number of halogens is 3. The van der Waals surface area contributed by atoms with Crippen molar-refractivity contribution in [3.63, 3.8) is 0 Å². The minimum atomic E-state index is -4.40. The predicted octanol–water partition coefficient (Wildman–Crippen LogP) is 5.17. The molecule has 3 rings (SSSR count). The molecule has 0 bridgehead atoms. The first kappa shape index (κ1) is 21.0. The molecule has 8 heteroatoms. The lowest BCUT2D eigenvalue weighted by Gasteiger charge is -2.07. The molecule has 5 nitrogen and oxygen atoms in total. The zero-order valence-electron chi connectivity index (χ0n) is 15.9. The van der Waals surface area contributed by atoms with Gasteiger partial charge in [-0.1, -0.05) is 35.5 Å². The third-order valence-electron chi connectivity index (χ3n) is 4.07. The highest BCUT2D eigenvalue weighted by Gasteiger charge is 2.30. The second-order valence-electron chi connectivity index (χ2n) is 6.25. The van der Waals surface area contributed by atoms with Crippen molar-refractivity contribution in [2.75, 3.05) is 6.61 Å². The molecule has 0 saturated carbocycles. The van der Waals surface area contributed by atoms with Crippen molar-refractivity contribution < 1.29 is 27.5 Å². The first-order chi connectivity index (χ1) is 14.3. The van der Waals surface area contributed by atoms with Crippen LogP contribution in [0.15, 0.2) is 78.1 Å². The van der Waals surface area contributed by atoms with Crippen molar-refractivity contribution in [2.45, 2.75) is 13.1 Å².